The van der Waals surface area contributed by atoms with Gasteiger partial charge in [0.2, 0.25) is 0 Å². The lowest BCUT2D eigenvalue weighted by atomic mass is 9.95. The van der Waals surface area contributed by atoms with Crippen molar-refractivity contribution in [3.8, 4) is 5.75 Å². The molecular formula is C18H23Cl2NO5. The maximum atomic E-state index is 12.6. The smallest absolute Gasteiger partial charge is 0.411 e. The number of benzene rings is 1. The molecule has 2 atom stereocenters. The van der Waals surface area contributed by atoms with Gasteiger partial charge in [-0.2, -0.15) is 0 Å². The highest BCUT2D eigenvalue weighted by Gasteiger charge is 2.44. The second kappa shape index (κ2) is 7.92. The quantitative estimate of drug-likeness (QED) is 0.704. The molecule has 1 aliphatic heterocycles. The van der Waals surface area contributed by atoms with Gasteiger partial charge in [0, 0.05) is 18.0 Å². The van der Waals surface area contributed by atoms with Crippen LogP contribution in [0, 0.1) is 0 Å². The van der Waals surface area contributed by atoms with Gasteiger partial charge in [0.25, 0.3) is 0 Å². The van der Waals surface area contributed by atoms with Crippen molar-refractivity contribution in [3.05, 3.63) is 27.7 Å². The number of methoxy groups -OCH3 is 2. The minimum Gasteiger partial charge on any atom is -0.496 e. The Balaban J connectivity index is 2.38. The molecule has 1 fully saturated rings. The zero-order valence-electron chi connectivity index (χ0n) is 15.5. The predicted molar refractivity (Wildman–Crippen MR) is 99.1 cm³/mol. The molecule has 0 bridgehead atoms. The summed E-state index contributed by atoms with van der Waals surface area (Å²) < 4.78 is 15.7. The van der Waals surface area contributed by atoms with Crippen LogP contribution in [0.15, 0.2) is 12.1 Å². The molecule has 144 valence electrons. The number of halogens is 2. The van der Waals surface area contributed by atoms with Crippen molar-refractivity contribution in [2.45, 2.75) is 44.8 Å². The Morgan fingerprint density at radius 2 is 1.85 bits per heavy atom. The summed E-state index contributed by atoms with van der Waals surface area (Å²) in [6.07, 6.45) is -0.241. The van der Waals surface area contributed by atoms with E-state index < -0.39 is 23.7 Å². The summed E-state index contributed by atoms with van der Waals surface area (Å²) in [6.45, 7) is 5.54. The fourth-order valence-electron chi connectivity index (χ4n) is 3.03. The summed E-state index contributed by atoms with van der Waals surface area (Å²) in [5.41, 5.74) is -0.0112. The molecule has 0 aliphatic carbocycles. The van der Waals surface area contributed by atoms with Gasteiger partial charge in [-0.3, -0.25) is 4.90 Å². The average molecular weight is 404 g/mol. The minimum atomic E-state index is -0.764. The summed E-state index contributed by atoms with van der Waals surface area (Å²) in [5.74, 6) is -0.192. The number of hydrogen-bond acceptors (Lipinski definition) is 5. The molecule has 1 aromatic carbocycles. The van der Waals surface area contributed by atoms with Gasteiger partial charge in [-0.1, -0.05) is 23.2 Å². The number of likely N-dealkylation sites (tertiary alicyclic amines) is 1. The molecular weight excluding hydrogens is 381 g/mol. The Kier molecular flexibility index (Phi) is 6.29. The lowest BCUT2D eigenvalue weighted by Crippen LogP contribution is -2.43. The molecule has 2 rings (SSSR count). The van der Waals surface area contributed by atoms with Gasteiger partial charge >= 0.3 is 12.1 Å². The fourth-order valence-corrected chi connectivity index (χ4v) is 3.51. The Morgan fingerprint density at radius 3 is 2.38 bits per heavy atom. The van der Waals surface area contributed by atoms with Crippen molar-refractivity contribution < 1.29 is 23.8 Å². The van der Waals surface area contributed by atoms with Crippen molar-refractivity contribution in [2.75, 3.05) is 20.8 Å². The molecule has 0 radical (unpaired) electrons. The van der Waals surface area contributed by atoms with E-state index in [4.69, 9.17) is 37.4 Å². The number of ether oxygens (including phenoxy) is 3. The number of carbonyl (C=O) groups is 2. The highest BCUT2D eigenvalue weighted by molar-refractivity contribution is 6.42. The normalized spacial score (nSPS) is 20.0. The SMILES string of the molecule is COC(=O)[C@H]1C[C@H](c2c(OC)ccc(Cl)c2Cl)CN1C(=O)OC(C)(C)C. The maximum Gasteiger partial charge on any atom is 0.411 e. The van der Waals surface area contributed by atoms with Gasteiger partial charge in [-0.15, -0.1) is 0 Å². The van der Waals surface area contributed by atoms with Crippen molar-refractivity contribution in [2.24, 2.45) is 0 Å². The number of rotatable bonds is 3. The van der Waals surface area contributed by atoms with E-state index in [1.807, 2.05) is 0 Å². The van der Waals surface area contributed by atoms with E-state index >= 15 is 0 Å². The summed E-state index contributed by atoms with van der Waals surface area (Å²) in [5, 5.41) is 0.735. The first kappa shape index (κ1) is 20.6. The average Bonchev–Trinajstić information content (AvgIpc) is 2.99. The first-order valence-corrected chi connectivity index (χ1v) is 8.94. The zero-order valence-corrected chi connectivity index (χ0v) is 17.0. The van der Waals surface area contributed by atoms with Crippen molar-refractivity contribution in [3.63, 3.8) is 0 Å². The molecule has 1 saturated heterocycles. The number of esters is 1. The molecule has 1 aliphatic rings. The van der Waals surface area contributed by atoms with Gasteiger partial charge in [-0.25, -0.2) is 9.59 Å². The van der Waals surface area contributed by atoms with Crippen LogP contribution >= 0.6 is 23.2 Å². The van der Waals surface area contributed by atoms with Crippen LogP contribution in [-0.4, -0.2) is 49.4 Å². The molecule has 26 heavy (non-hydrogen) atoms. The van der Waals surface area contributed by atoms with Crippen LogP contribution in [0.3, 0.4) is 0 Å². The Bertz CT molecular complexity index is 702. The van der Waals surface area contributed by atoms with Crippen LogP contribution in [0.5, 0.6) is 5.75 Å². The predicted octanol–water partition coefficient (Wildman–Crippen LogP) is 4.27. The first-order valence-electron chi connectivity index (χ1n) is 8.18. The molecule has 0 unspecified atom stereocenters. The second-order valence-corrected chi connectivity index (χ2v) is 7.87. The summed E-state index contributed by atoms with van der Waals surface area (Å²) >= 11 is 12.5. The first-order chi connectivity index (χ1) is 12.1. The highest BCUT2D eigenvalue weighted by atomic mass is 35.5. The van der Waals surface area contributed by atoms with Gasteiger partial charge in [0.05, 0.1) is 24.3 Å². The molecule has 0 spiro atoms. The molecule has 1 aromatic rings. The van der Waals surface area contributed by atoms with Gasteiger partial charge in [0.15, 0.2) is 0 Å². The molecule has 8 heteroatoms. The van der Waals surface area contributed by atoms with Crippen LogP contribution < -0.4 is 4.74 Å². The third-order valence-electron chi connectivity index (χ3n) is 4.12. The summed E-state index contributed by atoms with van der Waals surface area (Å²) in [7, 11) is 2.82. The second-order valence-electron chi connectivity index (χ2n) is 7.08. The third-order valence-corrected chi connectivity index (χ3v) is 4.94. The fraction of sp³-hybridized carbons (Fsp3) is 0.556. The summed E-state index contributed by atoms with van der Waals surface area (Å²) in [4.78, 5) is 26.2. The molecule has 1 amide bonds. The molecule has 0 N–H and O–H groups in total. The highest BCUT2D eigenvalue weighted by Crippen LogP contribution is 2.43. The molecule has 0 aromatic heterocycles. The Labute approximate surface area is 163 Å². The lowest BCUT2D eigenvalue weighted by Gasteiger charge is -2.27. The van der Waals surface area contributed by atoms with Crippen molar-refractivity contribution in [1.82, 2.24) is 4.90 Å². The van der Waals surface area contributed by atoms with Crippen LogP contribution in [-0.2, 0) is 14.3 Å². The van der Waals surface area contributed by atoms with E-state index in [-0.39, 0.29) is 12.5 Å². The Morgan fingerprint density at radius 1 is 1.19 bits per heavy atom. The van der Waals surface area contributed by atoms with Crippen LogP contribution in [0.1, 0.15) is 38.7 Å². The zero-order chi connectivity index (χ0) is 19.6. The van der Waals surface area contributed by atoms with Gasteiger partial charge in [0.1, 0.15) is 17.4 Å². The molecule has 6 nitrogen and oxygen atoms in total. The number of nitrogens with zero attached hydrogens (tertiary/aromatic N) is 1. The minimum absolute atomic E-state index is 0.241. The summed E-state index contributed by atoms with van der Waals surface area (Å²) in [6, 6.07) is 2.59. The molecule has 1 heterocycles. The van der Waals surface area contributed by atoms with E-state index in [2.05, 4.69) is 0 Å². The van der Waals surface area contributed by atoms with Crippen LogP contribution in [0.2, 0.25) is 10.0 Å². The van der Waals surface area contributed by atoms with Crippen LogP contribution in [0.25, 0.3) is 0 Å². The number of carbonyl (C=O) groups excluding carboxylic acids is 2. The maximum absolute atomic E-state index is 12.6. The van der Waals surface area contributed by atoms with E-state index in [0.717, 1.165) is 0 Å². The third kappa shape index (κ3) is 4.35. The number of amides is 1. The van der Waals surface area contributed by atoms with Crippen molar-refractivity contribution in [1.29, 1.82) is 0 Å². The molecule has 0 saturated carbocycles. The van der Waals surface area contributed by atoms with Crippen LogP contribution in [0.4, 0.5) is 4.79 Å². The largest absolute Gasteiger partial charge is 0.496 e. The van der Waals surface area contributed by atoms with E-state index in [9.17, 15) is 9.59 Å². The van der Waals surface area contributed by atoms with E-state index in [1.54, 1.807) is 32.9 Å². The number of hydrogen-bond donors (Lipinski definition) is 0. The standard InChI is InChI=1S/C18H23Cl2NO5/c1-18(2,3)26-17(23)21-9-10(8-12(21)16(22)25-5)14-13(24-4)7-6-11(19)15(14)20/h6-7,10,12H,8-9H2,1-5H3/t10-,12+/m0/s1. The monoisotopic (exact) mass is 403 g/mol. The van der Waals surface area contributed by atoms with Crippen molar-refractivity contribution >= 4 is 35.3 Å². The Hall–Kier alpha value is -1.66. The topological polar surface area (TPSA) is 65.1 Å². The van der Waals surface area contributed by atoms with E-state index in [0.29, 0.717) is 27.8 Å². The van der Waals surface area contributed by atoms with E-state index in [1.165, 1.54) is 19.1 Å². The lowest BCUT2D eigenvalue weighted by molar-refractivity contribution is -0.145. The van der Waals surface area contributed by atoms with Gasteiger partial charge in [-0.05, 0) is 39.3 Å². The van der Waals surface area contributed by atoms with Gasteiger partial charge < -0.3 is 14.2 Å².